The van der Waals surface area contributed by atoms with E-state index in [-0.39, 0.29) is 0 Å². The molecule has 3 rings (SSSR count). The van der Waals surface area contributed by atoms with Gasteiger partial charge in [-0.15, -0.1) is 0 Å². The molecule has 1 aromatic heterocycles. The van der Waals surface area contributed by atoms with E-state index >= 15 is 0 Å². The van der Waals surface area contributed by atoms with Gasteiger partial charge in [-0.1, -0.05) is 36.3 Å². The van der Waals surface area contributed by atoms with Gasteiger partial charge in [-0.25, -0.2) is 0 Å². The first kappa shape index (κ1) is 11.6. The monoisotopic (exact) mass is 245 g/mol. The summed E-state index contributed by atoms with van der Waals surface area (Å²) in [6.45, 7) is 2.11. The van der Waals surface area contributed by atoms with Crippen molar-refractivity contribution in [2.75, 3.05) is 0 Å². The molecule has 0 aliphatic rings. The zero-order chi connectivity index (χ0) is 13.2. The van der Waals surface area contributed by atoms with Crippen molar-refractivity contribution in [3.8, 4) is 11.8 Å². The van der Waals surface area contributed by atoms with Crippen LogP contribution in [0, 0.1) is 18.8 Å². The first-order valence-electron chi connectivity index (χ1n) is 6.37. The van der Waals surface area contributed by atoms with Crippen molar-refractivity contribution in [2.24, 2.45) is 7.05 Å². The zero-order valence-corrected chi connectivity index (χ0v) is 11.1. The van der Waals surface area contributed by atoms with Crippen LogP contribution in [-0.4, -0.2) is 4.57 Å². The summed E-state index contributed by atoms with van der Waals surface area (Å²) in [5.41, 5.74) is 4.60. The molecule has 92 valence electrons. The van der Waals surface area contributed by atoms with Crippen molar-refractivity contribution in [2.45, 2.75) is 6.92 Å². The standard InChI is InChI=1S/C18H15N/c1-14-8-10-16-13-17(19(2)18(16)12-14)11-9-15-6-4-3-5-7-15/h3-8,10,12-13H,1-2H3. The molecule has 0 unspecified atom stereocenters. The van der Waals surface area contributed by atoms with Gasteiger partial charge in [0.15, 0.2) is 0 Å². The number of nitrogens with zero attached hydrogens (tertiary/aromatic N) is 1. The zero-order valence-electron chi connectivity index (χ0n) is 11.1. The number of aromatic nitrogens is 1. The van der Waals surface area contributed by atoms with Gasteiger partial charge in [-0.2, -0.15) is 0 Å². The summed E-state index contributed by atoms with van der Waals surface area (Å²) in [4.78, 5) is 0. The molecule has 0 aliphatic heterocycles. The Morgan fingerprint density at radius 1 is 0.895 bits per heavy atom. The number of hydrogen-bond donors (Lipinski definition) is 0. The topological polar surface area (TPSA) is 4.93 Å². The molecule has 2 aromatic carbocycles. The predicted molar refractivity (Wildman–Crippen MR) is 80.1 cm³/mol. The quantitative estimate of drug-likeness (QED) is 0.530. The van der Waals surface area contributed by atoms with Gasteiger partial charge in [0.25, 0.3) is 0 Å². The summed E-state index contributed by atoms with van der Waals surface area (Å²) in [5.74, 6) is 6.46. The fourth-order valence-corrected chi connectivity index (χ4v) is 2.22. The van der Waals surface area contributed by atoms with Crippen LogP contribution in [0.1, 0.15) is 16.8 Å². The Bertz CT molecular complexity index is 783. The van der Waals surface area contributed by atoms with E-state index in [9.17, 15) is 0 Å². The molecule has 0 amide bonds. The molecule has 0 aliphatic carbocycles. The second-order valence-corrected chi connectivity index (χ2v) is 4.77. The van der Waals surface area contributed by atoms with E-state index in [0.29, 0.717) is 0 Å². The lowest BCUT2D eigenvalue weighted by Gasteiger charge is -1.98. The molecular weight excluding hydrogens is 230 g/mol. The predicted octanol–water partition coefficient (Wildman–Crippen LogP) is 3.89. The number of fused-ring (bicyclic) bond motifs is 1. The smallest absolute Gasteiger partial charge is 0.0931 e. The van der Waals surface area contributed by atoms with Crippen LogP contribution < -0.4 is 0 Å². The number of benzene rings is 2. The minimum absolute atomic E-state index is 1.05. The second kappa shape index (κ2) is 4.66. The van der Waals surface area contributed by atoms with Crippen LogP contribution >= 0.6 is 0 Å². The van der Waals surface area contributed by atoms with Gasteiger partial charge in [0.05, 0.1) is 5.69 Å². The lowest BCUT2D eigenvalue weighted by Crippen LogP contribution is -1.91. The minimum Gasteiger partial charge on any atom is -0.337 e. The lowest BCUT2D eigenvalue weighted by molar-refractivity contribution is 0.950. The minimum atomic E-state index is 1.05. The van der Waals surface area contributed by atoms with Crippen molar-refractivity contribution in [1.82, 2.24) is 4.57 Å². The average molecular weight is 245 g/mol. The molecule has 0 radical (unpaired) electrons. The molecule has 1 heterocycles. The van der Waals surface area contributed by atoms with Crippen molar-refractivity contribution in [3.63, 3.8) is 0 Å². The van der Waals surface area contributed by atoms with Crippen molar-refractivity contribution >= 4 is 10.9 Å². The maximum absolute atomic E-state index is 3.25. The molecular formula is C18H15N. The highest BCUT2D eigenvalue weighted by atomic mass is 14.9. The third kappa shape index (κ3) is 2.26. The first-order chi connectivity index (χ1) is 9.24. The van der Waals surface area contributed by atoms with Crippen molar-refractivity contribution in [1.29, 1.82) is 0 Å². The molecule has 0 saturated heterocycles. The third-order valence-corrected chi connectivity index (χ3v) is 3.31. The summed E-state index contributed by atoms with van der Waals surface area (Å²) < 4.78 is 2.15. The van der Waals surface area contributed by atoms with E-state index in [4.69, 9.17) is 0 Å². The van der Waals surface area contributed by atoms with Crippen LogP contribution in [0.4, 0.5) is 0 Å². The van der Waals surface area contributed by atoms with Gasteiger partial charge < -0.3 is 4.57 Å². The summed E-state index contributed by atoms with van der Waals surface area (Å²) >= 11 is 0. The molecule has 1 heteroatoms. The highest BCUT2D eigenvalue weighted by molar-refractivity contribution is 5.83. The Balaban J connectivity index is 2.07. The van der Waals surface area contributed by atoms with Gasteiger partial charge in [0, 0.05) is 23.5 Å². The average Bonchev–Trinajstić information content (AvgIpc) is 2.74. The Hall–Kier alpha value is -2.46. The molecule has 0 bridgehead atoms. The van der Waals surface area contributed by atoms with E-state index in [1.54, 1.807) is 0 Å². The molecule has 0 fully saturated rings. The van der Waals surface area contributed by atoms with Crippen LogP contribution in [0.15, 0.2) is 54.6 Å². The Kier molecular flexibility index (Phi) is 2.85. The molecule has 3 aromatic rings. The number of rotatable bonds is 0. The van der Waals surface area contributed by atoms with Crippen LogP contribution in [-0.2, 0) is 7.05 Å². The maximum atomic E-state index is 3.25. The Morgan fingerprint density at radius 3 is 2.47 bits per heavy atom. The SMILES string of the molecule is Cc1ccc2cc(C#Cc3ccccc3)n(C)c2c1. The maximum Gasteiger partial charge on any atom is 0.0931 e. The van der Waals surface area contributed by atoms with E-state index in [0.717, 1.165) is 11.3 Å². The molecule has 0 spiro atoms. The van der Waals surface area contributed by atoms with Crippen molar-refractivity contribution in [3.05, 3.63) is 71.4 Å². The van der Waals surface area contributed by atoms with E-state index in [1.807, 2.05) is 30.3 Å². The van der Waals surface area contributed by atoms with Gasteiger partial charge in [0.1, 0.15) is 0 Å². The van der Waals surface area contributed by atoms with Crippen LogP contribution in [0.3, 0.4) is 0 Å². The molecule has 0 atom stereocenters. The molecule has 1 nitrogen and oxygen atoms in total. The molecule has 19 heavy (non-hydrogen) atoms. The second-order valence-electron chi connectivity index (χ2n) is 4.77. The van der Waals surface area contributed by atoms with Gasteiger partial charge in [-0.05, 0) is 42.7 Å². The normalized spacial score (nSPS) is 10.2. The van der Waals surface area contributed by atoms with Gasteiger partial charge >= 0.3 is 0 Å². The first-order valence-corrected chi connectivity index (χ1v) is 6.37. The summed E-state index contributed by atoms with van der Waals surface area (Å²) in [6, 6.07) is 18.7. The largest absolute Gasteiger partial charge is 0.337 e. The summed E-state index contributed by atoms with van der Waals surface area (Å²) in [6.07, 6.45) is 0. The van der Waals surface area contributed by atoms with E-state index < -0.39 is 0 Å². The Labute approximate surface area is 113 Å². The molecule has 0 saturated carbocycles. The molecule has 0 N–H and O–H groups in total. The fourth-order valence-electron chi connectivity index (χ4n) is 2.22. The van der Waals surface area contributed by atoms with E-state index in [2.05, 4.69) is 54.6 Å². The number of hydrogen-bond acceptors (Lipinski definition) is 0. The lowest BCUT2D eigenvalue weighted by atomic mass is 10.2. The third-order valence-electron chi connectivity index (χ3n) is 3.31. The summed E-state index contributed by atoms with van der Waals surface area (Å²) in [7, 11) is 2.07. The van der Waals surface area contributed by atoms with Crippen molar-refractivity contribution < 1.29 is 0 Å². The Morgan fingerprint density at radius 2 is 1.68 bits per heavy atom. The summed E-state index contributed by atoms with van der Waals surface area (Å²) in [5, 5.41) is 1.24. The van der Waals surface area contributed by atoms with Crippen LogP contribution in [0.5, 0.6) is 0 Å². The highest BCUT2D eigenvalue weighted by Crippen LogP contribution is 2.19. The van der Waals surface area contributed by atoms with E-state index in [1.165, 1.54) is 16.5 Å². The van der Waals surface area contributed by atoms with Gasteiger partial charge in [-0.3, -0.25) is 0 Å². The van der Waals surface area contributed by atoms with Gasteiger partial charge in [0.2, 0.25) is 0 Å². The van der Waals surface area contributed by atoms with Crippen LogP contribution in [0.25, 0.3) is 10.9 Å². The number of aryl methyl sites for hydroxylation is 2. The fraction of sp³-hybridized carbons (Fsp3) is 0.111. The van der Waals surface area contributed by atoms with Crippen LogP contribution in [0.2, 0.25) is 0 Å². The highest BCUT2D eigenvalue weighted by Gasteiger charge is 2.03.